The normalized spacial score (nSPS) is 11.5. The smallest absolute Gasteiger partial charge is 0.269 e. The topological polar surface area (TPSA) is 148 Å². The Bertz CT molecular complexity index is 1570. The van der Waals surface area contributed by atoms with Gasteiger partial charge in [0.2, 0.25) is 15.8 Å². The number of pyridine rings is 1. The van der Waals surface area contributed by atoms with Crippen molar-refractivity contribution in [1.82, 2.24) is 15.2 Å². The number of sulfonamides is 1. The molecule has 0 saturated heterocycles. The van der Waals surface area contributed by atoms with Crippen molar-refractivity contribution >= 4 is 38.2 Å². The number of ketones is 1. The molecule has 0 atom stereocenters. The van der Waals surface area contributed by atoms with Crippen LogP contribution >= 0.6 is 0 Å². The summed E-state index contributed by atoms with van der Waals surface area (Å²) in [5, 5.41) is 17.4. The molecule has 0 bridgehead atoms. The minimum Gasteiger partial charge on any atom is -0.287 e. The lowest BCUT2D eigenvalue weighted by Gasteiger charge is -2.11. The highest BCUT2D eigenvalue weighted by Gasteiger charge is 2.27. The van der Waals surface area contributed by atoms with Crippen molar-refractivity contribution in [2.24, 2.45) is 0 Å². The first-order valence-corrected chi connectivity index (χ1v) is 11.9. The number of rotatable bonds is 8. The summed E-state index contributed by atoms with van der Waals surface area (Å²) >= 11 is 0. The van der Waals surface area contributed by atoms with Crippen molar-refractivity contribution < 1.29 is 26.9 Å². The quantitative estimate of drug-likeness (QED) is 0.209. The molecule has 0 radical (unpaired) electrons. The Labute approximate surface area is 197 Å². The van der Waals surface area contributed by atoms with E-state index in [1.54, 1.807) is 6.92 Å². The van der Waals surface area contributed by atoms with Crippen LogP contribution in [0, 0.1) is 21.7 Å². The zero-order chi connectivity index (χ0) is 25.3. The van der Waals surface area contributed by atoms with Gasteiger partial charge in [-0.2, -0.15) is 5.10 Å². The van der Waals surface area contributed by atoms with Crippen molar-refractivity contribution in [3.63, 3.8) is 0 Å². The van der Waals surface area contributed by atoms with Crippen molar-refractivity contribution in [3.05, 3.63) is 81.7 Å². The van der Waals surface area contributed by atoms with Gasteiger partial charge in [0, 0.05) is 23.9 Å². The van der Waals surface area contributed by atoms with E-state index in [-0.39, 0.29) is 34.6 Å². The number of anilines is 1. The number of benzene rings is 2. The van der Waals surface area contributed by atoms with Crippen LogP contribution in [0.1, 0.15) is 29.4 Å². The molecule has 0 unspecified atom stereocenters. The van der Waals surface area contributed by atoms with Gasteiger partial charge in [-0.1, -0.05) is 6.92 Å². The van der Waals surface area contributed by atoms with Crippen molar-refractivity contribution in [1.29, 1.82) is 0 Å². The Morgan fingerprint density at radius 2 is 1.86 bits per heavy atom. The average Bonchev–Trinajstić information content (AvgIpc) is 3.24. The van der Waals surface area contributed by atoms with Crippen LogP contribution < -0.4 is 4.72 Å². The fraction of sp³-hybridized carbons (Fsp3) is 0.136. The molecular formula is C22H17F2N5O5S. The van der Waals surface area contributed by atoms with Crippen molar-refractivity contribution in [2.45, 2.75) is 13.3 Å². The summed E-state index contributed by atoms with van der Waals surface area (Å²) in [6, 6.07) is 8.78. The highest BCUT2D eigenvalue weighted by molar-refractivity contribution is 7.92. The standard InChI is InChI=1S/C22H17F2N5O5S/c1-2-9-35(33,34)28-17-8-7-16(23)18(19(17)24)21(30)20-15-10-13(11-25-22(15)27-26-20)12-3-5-14(6-4-12)29(31)32/h3-8,10-11,28H,2,9H2,1H3,(H,25,26,27). The molecule has 0 saturated carbocycles. The van der Waals surface area contributed by atoms with Gasteiger partial charge in [-0.25, -0.2) is 22.2 Å². The summed E-state index contributed by atoms with van der Waals surface area (Å²) in [4.78, 5) is 27.6. The lowest BCUT2D eigenvalue weighted by Crippen LogP contribution is -2.18. The number of carbonyl (C=O) groups excluding carboxylic acids is 1. The molecule has 2 N–H and O–H groups in total. The van der Waals surface area contributed by atoms with Gasteiger partial charge in [0.1, 0.15) is 11.5 Å². The molecule has 2 aromatic heterocycles. The van der Waals surface area contributed by atoms with Crippen LogP contribution in [0.15, 0.2) is 48.7 Å². The molecule has 0 fully saturated rings. The fourth-order valence-electron chi connectivity index (χ4n) is 3.46. The molecule has 4 rings (SSSR count). The maximum Gasteiger partial charge on any atom is 0.269 e. The number of halogens is 2. The number of aromatic nitrogens is 3. The lowest BCUT2D eigenvalue weighted by molar-refractivity contribution is -0.384. The second-order valence-electron chi connectivity index (χ2n) is 7.53. The number of non-ortho nitro benzene ring substituents is 1. The summed E-state index contributed by atoms with van der Waals surface area (Å²) in [6.07, 6.45) is 1.72. The molecule has 0 aliphatic rings. The highest BCUT2D eigenvalue weighted by Crippen LogP contribution is 2.29. The Morgan fingerprint density at radius 3 is 2.51 bits per heavy atom. The third-order valence-electron chi connectivity index (χ3n) is 5.10. The first-order valence-electron chi connectivity index (χ1n) is 10.2. The predicted molar refractivity (Wildman–Crippen MR) is 123 cm³/mol. The number of nitrogens with one attached hydrogen (secondary N) is 2. The molecule has 4 aromatic rings. The van der Waals surface area contributed by atoms with E-state index in [2.05, 4.69) is 15.2 Å². The average molecular weight is 501 g/mol. The monoisotopic (exact) mass is 501 g/mol. The van der Waals surface area contributed by atoms with Gasteiger partial charge in [-0.15, -0.1) is 0 Å². The Hall–Kier alpha value is -4.26. The van der Waals surface area contributed by atoms with E-state index in [0.717, 1.165) is 12.1 Å². The van der Waals surface area contributed by atoms with Crippen LogP contribution in [-0.2, 0) is 10.0 Å². The molecular weight excluding hydrogens is 484 g/mol. The molecule has 0 amide bonds. The molecule has 0 spiro atoms. The minimum absolute atomic E-state index is 0.109. The summed E-state index contributed by atoms with van der Waals surface area (Å²) < 4.78 is 55.7. The molecule has 0 aliphatic carbocycles. The van der Waals surface area contributed by atoms with Crippen LogP contribution in [0.4, 0.5) is 20.2 Å². The zero-order valence-electron chi connectivity index (χ0n) is 18.1. The summed E-state index contributed by atoms with van der Waals surface area (Å²) in [5.74, 6) is -3.97. The summed E-state index contributed by atoms with van der Waals surface area (Å²) in [5.41, 5.74) is -0.785. The molecule has 180 valence electrons. The second-order valence-corrected chi connectivity index (χ2v) is 9.37. The number of hydrogen-bond acceptors (Lipinski definition) is 7. The van der Waals surface area contributed by atoms with E-state index in [1.165, 1.54) is 36.5 Å². The number of fused-ring (bicyclic) bond motifs is 1. The third kappa shape index (κ3) is 4.71. The number of hydrogen-bond donors (Lipinski definition) is 2. The molecule has 35 heavy (non-hydrogen) atoms. The molecule has 0 aliphatic heterocycles. The van der Waals surface area contributed by atoms with Gasteiger partial charge < -0.3 is 0 Å². The first-order chi connectivity index (χ1) is 16.6. The van der Waals surface area contributed by atoms with Crippen LogP contribution in [-0.4, -0.2) is 40.1 Å². The lowest BCUT2D eigenvalue weighted by atomic mass is 10.0. The van der Waals surface area contributed by atoms with Crippen LogP contribution in [0.3, 0.4) is 0 Å². The molecule has 2 heterocycles. The van der Waals surface area contributed by atoms with E-state index < -0.39 is 43.6 Å². The van der Waals surface area contributed by atoms with Gasteiger partial charge in [-0.3, -0.25) is 24.7 Å². The number of H-pyrrole nitrogens is 1. The van der Waals surface area contributed by atoms with Gasteiger partial charge in [0.05, 0.1) is 27.3 Å². The Morgan fingerprint density at radius 1 is 1.14 bits per heavy atom. The van der Waals surface area contributed by atoms with Crippen LogP contribution in [0.25, 0.3) is 22.2 Å². The largest absolute Gasteiger partial charge is 0.287 e. The number of nitro benzene ring substituents is 1. The molecule has 10 nitrogen and oxygen atoms in total. The number of nitro groups is 1. The second kappa shape index (κ2) is 9.18. The maximum atomic E-state index is 15.1. The van der Waals surface area contributed by atoms with E-state index >= 15 is 4.39 Å². The van der Waals surface area contributed by atoms with Crippen molar-refractivity contribution in [3.8, 4) is 11.1 Å². The van der Waals surface area contributed by atoms with E-state index in [4.69, 9.17) is 0 Å². The predicted octanol–water partition coefficient (Wildman–Crippen LogP) is 4.19. The van der Waals surface area contributed by atoms with Crippen LogP contribution in [0.5, 0.6) is 0 Å². The number of nitrogens with zero attached hydrogens (tertiary/aromatic N) is 3. The van der Waals surface area contributed by atoms with Crippen molar-refractivity contribution in [2.75, 3.05) is 10.5 Å². The van der Waals surface area contributed by atoms with Crippen LogP contribution in [0.2, 0.25) is 0 Å². The Kier molecular flexibility index (Phi) is 6.26. The highest BCUT2D eigenvalue weighted by atomic mass is 32.2. The van der Waals surface area contributed by atoms with Gasteiger partial charge >= 0.3 is 0 Å². The summed E-state index contributed by atoms with van der Waals surface area (Å²) in [6.45, 7) is 1.62. The van der Waals surface area contributed by atoms with Gasteiger partial charge in [0.25, 0.3) is 5.69 Å². The first kappa shape index (κ1) is 23.9. The minimum atomic E-state index is -3.89. The van der Waals surface area contributed by atoms with Gasteiger partial charge in [0.15, 0.2) is 11.5 Å². The fourth-order valence-corrected chi connectivity index (χ4v) is 4.59. The van der Waals surface area contributed by atoms with E-state index in [0.29, 0.717) is 11.1 Å². The molecule has 2 aromatic carbocycles. The third-order valence-corrected chi connectivity index (χ3v) is 6.58. The summed E-state index contributed by atoms with van der Waals surface area (Å²) in [7, 11) is -3.89. The van der Waals surface area contributed by atoms with Gasteiger partial charge in [-0.05, 0) is 42.3 Å². The van der Waals surface area contributed by atoms with E-state index in [9.17, 15) is 27.7 Å². The molecule has 13 heteroatoms. The zero-order valence-corrected chi connectivity index (χ0v) is 18.9. The number of carbonyl (C=O) groups is 1. The number of aromatic amines is 1. The SMILES string of the molecule is CCCS(=O)(=O)Nc1ccc(F)c(C(=O)c2n[nH]c3ncc(-c4ccc([N+](=O)[O-])cc4)cc23)c1F. The van der Waals surface area contributed by atoms with E-state index in [1.807, 2.05) is 4.72 Å². The maximum absolute atomic E-state index is 15.1. The Balaban J connectivity index is 1.76.